The van der Waals surface area contributed by atoms with Crippen LogP contribution in [0.1, 0.15) is 27.8 Å². The Morgan fingerprint density at radius 3 is 2.40 bits per heavy atom. The van der Waals surface area contributed by atoms with Crippen molar-refractivity contribution >= 4 is 29.0 Å². The maximum Gasteiger partial charge on any atom is 0.293 e. The smallest absolute Gasteiger partial charge is 0.293 e. The highest BCUT2D eigenvalue weighted by molar-refractivity contribution is 8.18. The number of phenolic OH excluding ortho intramolecular Hbond substituents is 1. The van der Waals surface area contributed by atoms with E-state index in [4.69, 9.17) is 0 Å². The number of nitrogens with zero attached hydrogens (tertiary/aromatic N) is 1. The maximum absolute atomic E-state index is 12.6. The van der Waals surface area contributed by atoms with Crippen molar-refractivity contribution < 1.29 is 14.7 Å². The summed E-state index contributed by atoms with van der Waals surface area (Å²) in [4.78, 5) is 26.5. The lowest BCUT2D eigenvalue weighted by Gasteiger charge is -2.12. The summed E-state index contributed by atoms with van der Waals surface area (Å²) in [5.74, 6) is -0.0235. The van der Waals surface area contributed by atoms with Gasteiger partial charge in [0, 0.05) is 0 Å². The Morgan fingerprint density at radius 2 is 1.76 bits per heavy atom. The fourth-order valence-corrected chi connectivity index (χ4v) is 3.69. The summed E-state index contributed by atoms with van der Waals surface area (Å²) in [6.07, 6.45) is 1.71. The summed E-state index contributed by atoms with van der Waals surface area (Å²) in [6, 6.07) is 11.4. The molecule has 0 saturated carbocycles. The van der Waals surface area contributed by atoms with Crippen LogP contribution in [-0.4, -0.2) is 21.2 Å². The van der Waals surface area contributed by atoms with Crippen molar-refractivity contribution in [1.29, 1.82) is 0 Å². The van der Waals surface area contributed by atoms with Gasteiger partial charge in [-0.1, -0.05) is 29.8 Å². The van der Waals surface area contributed by atoms with Crippen LogP contribution in [0.25, 0.3) is 6.08 Å². The summed E-state index contributed by atoms with van der Waals surface area (Å²) >= 11 is 0.952. The zero-order chi connectivity index (χ0) is 18.1. The molecule has 4 nitrogen and oxygen atoms in total. The van der Waals surface area contributed by atoms with Gasteiger partial charge in [0.1, 0.15) is 5.75 Å². The third-order valence-corrected chi connectivity index (χ3v) is 5.02. The summed E-state index contributed by atoms with van der Waals surface area (Å²) < 4.78 is 0. The third-order valence-electron chi connectivity index (χ3n) is 4.11. The number of thioether (sulfide) groups is 1. The minimum atomic E-state index is -0.278. The van der Waals surface area contributed by atoms with Crippen LogP contribution >= 0.6 is 11.8 Å². The molecule has 0 atom stereocenters. The highest BCUT2D eigenvalue weighted by Crippen LogP contribution is 2.34. The van der Waals surface area contributed by atoms with Crippen LogP contribution in [0, 0.1) is 20.8 Å². The summed E-state index contributed by atoms with van der Waals surface area (Å²) in [5, 5.41) is 9.60. The second kappa shape index (κ2) is 6.76. The highest BCUT2D eigenvalue weighted by atomic mass is 32.2. The Hall–Kier alpha value is -2.53. The molecule has 0 aliphatic carbocycles. The molecule has 128 valence electrons. The molecule has 1 aliphatic rings. The Bertz CT molecular complexity index is 879. The van der Waals surface area contributed by atoms with Crippen LogP contribution in [0.15, 0.2) is 41.3 Å². The molecule has 5 heteroatoms. The molecule has 2 amide bonds. The van der Waals surface area contributed by atoms with Gasteiger partial charge in [-0.3, -0.25) is 14.5 Å². The molecule has 25 heavy (non-hydrogen) atoms. The van der Waals surface area contributed by atoms with Crippen molar-refractivity contribution in [1.82, 2.24) is 4.90 Å². The van der Waals surface area contributed by atoms with Gasteiger partial charge in [0.2, 0.25) is 0 Å². The normalized spacial score (nSPS) is 16.1. The molecule has 1 fully saturated rings. The van der Waals surface area contributed by atoms with Crippen molar-refractivity contribution in [3.05, 3.63) is 69.1 Å². The van der Waals surface area contributed by atoms with Crippen molar-refractivity contribution in [3.63, 3.8) is 0 Å². The van der Waals surface area contributed by atoms with Crippen LogP contribution in [0.3, 0.4) is 0 Å². The lowest BCUT2D eigenvalue weighted by molar-refractivity contribution is -0.123. The topological polar surface area (TPSA) is 57.6 Å². The van der Waals surface area contributed by atoms with E-state index >= 15 is 0 Å². The van der Waals surface area contributed by atoms with E-state index in [1.165, 1.54) is 4.90 Å². The number of carbonyl (C=O) groups excluding carboxylic acids is 2. The molecule has 1 heterocycles. The molecule has 0 radical (unpaired) electrons. The molecule has 3 rings (SSSR count). The Balaban J connectivity index is 1.86. The molecule has 0 spiro atoms. The first-order valence-electron chi connectivity index (χ1n) is 7.96. The molecule has 2 aromatic carbocycles. The number of hydrogen-bond donors (Lipinski definition) is 1. The average molecular weight is 353 g/mol. The molecule has 2 aromatic rings. The third kappa shape index (κ3) is 3.61. The fraction of sp³-hybridized carbons (Fsp3) is 0.200. The van der Waals surface area contributed by atoms with Gasteiger partial charge in [0.25, 0.3) is 11.1 Å². The first-order valence-corrected chi connectivity index (χ1v) is 8.78. The van der Waals surface area contributed by atoms with Crippen molar-refractivity contribution in [2.24, 2.45) is 0 Å². The summed E-state index contributed by atoms with van der Waals surface area (Å²) in [7, 11) is 0. The summed E-state index contributed by atoms with van der Waals surface area (Å²) in [5.41, 5.74) is 4.30. The lowest BCUT2D eigenvalue weighted by Crippen LogP contribution is -2.27. The molecule has 0 unspecified atom stereocenters. The SMILES string of the molecule is Cc1cccc(CN2C(=O)SC(=Cc3cc(C)c(O)c(C)c3)C2=O)c1. The standard InChI is InChI=1S/C20H19NO3S/c1-12-5-4-6-15(7-12)11-21-19(23)17(25-20(21)24)10-16-8-13(2)18(22)14(3)9-16/h4-10,22H,11H2,1-3H3. The Labute approximate surface area is 151 Å². The molecular formula is C20H19NO3S. The van der Waals surface area contributed by atoms with Crippen molar-refractivity contribution in [2.75, 3.05) is 0 Å². The number of aryl methyl sites for hydroxylation is 3. The van der Waals surface area contributed by atoms with Crippen LogP contribution in [0.5, 0.6) is 5.75 Å². The van der Waals surface area contributed by atoms with Crippen LogP contribution in [-0.2, 0) is 11.3 Å². The molecular weight excluding hydrogens is 334 g/mol. The highest BCUT2D eigenvalue weighted by Gasteiger charge is 2.35. The lowest BCUT2D eigenvalue weighted by atomic mass is 10.1. The predicted molar refractivity (Wildman–Crippen MR) is 100 cm³/mol. The van der Waals surface area contributed by atoms with Crippen LogP contribution < -0.4 is 0 Å². The van der Waals surface area contributed by atoms with Gasteiger partial charge in [0.15, 0.2) is 0 Å². The number of aromatic hydroxyl groups is 1. The molecule has 1 saturated heterocycles. The van der Waals surface area contributed by atoms with Gasteiger partial charge >= 0.3 is 0 Å². The minimum absolute atomic E-state index is 0.254. The number of amides is 2. The first-order chi connectivity index (χ1) is 11.8. The Morgan fingerprint density at radius 1 is 1.08 bits per heavy atom. The average Bonchev–Trinajstić information content (AvgIpc) is 2.80. The maximum atomic E-state index is 12.6. The van der Waals surface area contributed by atoms with Gasteiger partial charge in [-0.25, -0.2) is 0 Å². The molecule has 1 aliphatic heterocycles. The number of carbonyl (C=O) groups is 2. The zero-order valence-electron chi connectivity index (χ0n) is 14.4. The van der Waals surface area contributed by atoms with E-state index < -0.39 is 0 Å². The molecule has 1 N–H and O–H groups in total. The van der Waals surface area contributed by atoms with E-state index in [0.717, 1.165) is 39.6 Å². The van der Waals surface area contributed by atoms with E-state index in [1.54, 1.807) is 18.2 Å². The van der Waals surface area contributed by atoms with Gasteiger partial charge < -0.3 is 5.11 Å². The zero-order valence-corrected chi connectivity index (χ0v) is 15.2. The summed E-state index contributed by atoms with van der Waals surface area (Å²) in [6.45, 7) is 5.87. The van der Waals surface area contributed by atoms with Gasteiger partial charge in [0.05, 0.1) is 11.4 Å². The second-order valence-corrected chi connectivity index (χ2v) is 7.25. The number of imide groups is 1. The van der Waals surface area contributed by atoms with E-state index in [9.17, 15) is 14.7 Å². The number of benzene rings is 2. The minimum Gasteiger partial charge on any atom is -0.507 e. The molecule has 0 aromatic heterocycles. The number of hydrogen-bond acceptors (Lipinski definition) is 4. The van der Waals surface area contributed by atoms with E-state index in [-0.39, 0.29) is 23.4 Å². The predicted octanol–water partition coefficient (Wildman–Crippen LogP) is 4.55. The Kier molecular flexibility index (Phi) is 4.68. The second-order valence-electron chi connectivity index (χ2n) is 6.26. The van der Waals surface area contributed by atoms with Crippen LogP contribution in [0.2, 0.25) is 0 Å². The largest absolute Gasteiger partial charge is 0.507 e. The molecule has 0 bridgehead atoms. The van der Waals surface area contributed by atoms with E-state index in [1.807, 2.05) is 45.0 Å². The van der Waals surface area contributed by atoms with Gasteiger partial charge in [-0.15, -0.1) is 0 Å². The van der Waals surface area contributed by atoms with Crippen molar-refractivity contribution in [2.45, 2.75) is 27.3 Å². The van der Waals surface area contributed by atoms with E-state index in [0.29, 0.717) is 4.91 Å². The number of rotatable bonds is 3. The van der Waals surface area contributed by atoms with Gasteiger partial charge in [-0.05, 0) is 73.0 Å². The fourth-order valence-electron chi connectivity index (χ4n) is 2.85. The van der Waals surface area contributed by atoms with E-state index in [2.05, 4.69) is 0 Å². The quantitative estimate of drug-likeness (QED) is 0.822. The monoisotopic (exact) mass is 353 g/mol. The van der Waals surface area contributed by atoms with Crippen LogP contribution in [0.4, 0.5) is 4.79 Å². The van der Waals surface area contributed by atoms with Crippen molar-refractivity contribution in [3.8, 4) is 5.75 Å². The number of phenols is 1. The first kappa shape index (κ1) is 17.3. The van der Waals surface area contributed by atoms with Gasteiger partial charge in [-0.2, -0.15) is 0 Å².